The van der Waals surface area contributed by atoms with Crippen molar-refractivity contribution in [2.24, 2.45) is 29.4 Å². The number of ether oxygens (including phenoxy) is 1. The molecule has 1 aromatic rings. The molecule has 0 radical (unpaired) electrons. The maximum absolute atomic E-state index is 14.9. The predicted molar refractivity (Wildman–Crippen MR) is 234 cm³/mol. The number of nitrogens with one attached hydrogen (secondary N) is 5. The second-order valence-electron chi connectivity index (χ2n) is 18.4. The Morgan fingerprint density at radius 3 is 2.12 bits per heavy atom. The molecule has 9 N–H and O–H groups in total. The Labute approximate surface area is 379 Å². The zero-order chi connectivity index (χ0) is 48.7. The minimum atomic E-state index is -1.72. The number of phenolic OH excluding ortho intramolecular Hbond substituents is 1. The van der Waals surface area contributed by atoms with Crippen molar-refractivity contribution in [1.82, 2.24) is 36.4 Å². The highest BCUT2D eigenvalue weighted by molar-refractivity contribution is 5.98. The van der Waals surface area contributed by atoms with Crippen LogP contribution >= 0.6 is 0 Å². The van der Waals surface area contributed by atoms with E-state index in [1.165, 1.54) is 31.0 Å². The average Bonchev–Trinajstić information content (AvgIpc) is 3.95. The summed E-state index contributed by atoms with van der Waals surface area (Å²) < 4.78 is 5.90. The zero-order valence-corrected chi connectivity index (χ0v) is 38.8. The lowest BCUT2D eigenvalue weighted by molar-refractivity contribution is -0.168. The molecule has 20 nitrogen and oxygen atoms in total. The van der Waals surface area contributed by atoms with Crippen LogP contribution in [-0.2, 0) is 54.3 Å². The lowest BCUT2D eigenvalue weighted by Crippen LogP contribution is -2.65. The number of rotatable bonds is 14. The van der Waals surface area contributed by atoms with E-state index in [0.717, 1.165) is 11.8 Å². The Bertz CT molecular complexity index is 1960. The Kier molecular flexibility index (Phi) is 17.5. The Morgan fingerprint density at radius 1 is 0.923 bits per heavy atom. The van der Waals surface area contributed by atoms with Gasteiger partial charge in [-0.1, -0.05) is 66.5 Å². The van der Waals surface area contributed by atoms with Crippen LogP contribution in [-0.4, -0.2) is 134 Å². The molecule has 3 aliphatic heterocycles. The van der Waals surface area contributed by atoms with Gasteiger partial charge in [-0.3, -0.25) is 38.4 Å². The minimum absolute atomic E-state index is 0.0377. The molecule has 2 bridgehead atoms. The number of nitrogens with zero attached hydrogens (tertiary/aromatic N) is 2. The van der Waals surface area contributed by atoms with Crippen LogP contribution in [0.25, 0.3) is 0 Å². The first-order valence-electron chi connectivity index (χ1n) is 22.5. The van der Waals surface area contributed by atoms with E-state index in [9.17, 15) is 53.4 Å². The Hall–Kier alpha value is -5.79. The molecule has 0 aromatic heterocycles. The maximum Gasteiger partial charge on any atom is 0.329 e. The molecule has 8 amide bonds. The first kappa shape index (κ1) is 51.8. The molecule has 4 fully saturated rings. The molecule has 3 heterocycles. The van der Waals surface area contributed by atoms with Gasteiger partial charge in [0.05, 0.1) is 11.5 Å². The summed E-state index contributed by atoms with van der Waals surface area (Å²) in [6.07, 6.45) is -2.87. The quantitative estimate of drug-likeness (QED) is 0.0895. The number of hydrogen-bond donors (Lipinski definition) is 8. The fourth-order valence-electron chi connectivity index (χ4n) is 8.59. The van der Waals surface area contributed by atoms with Crippen molar-refractivity contribution in [2.75, 3.05) is 7.05 Å². The average molecular weight is 913 g/mol. The van der Waals surface area contributed by atoms with Gasteiger partial charge in [0, 0.05) is 33.2 Å². The molecule has 12 atom stereocenters. The second kappa shape index (κ2) is 21.9. The third-order valence-corrected chi connectivity index (χ3v) is 12.9. The number of likely N-dealkylation sites (N-methyl/N-ethyl adjacent to an activating group) is 1. The van der Waals surface area contributed by atoms with Crippen LogP contribution in [0.5, 0.6) is 5.75 Å². The molecular weight excluding hydrogens is 845 g/mol. The van der Waals surface area contributed by atoms with E-state index in [0.29, 0.717) is 18.4 Å². The van der Waals surface area contributed by atoms with E-state index in [4.69, 9.17) is 10.5 Å². The summed E-state index contributed by atoms with van der Waals surface area (Å²) in [4.78, 5) is 127. The number of benzene rings is 1. The predicted octanol–water partition coefficient (Wildman–Crippen LogP) is -0.136. The van der Waals surface area contributed by atoms with Crippen molar-refractivity contribution in [1.29, 1.82) is 0 Å². The Balaban J connectivity index is 1.86. The van der Waals surface area contributed by atoms with Crippen LogP contribution in [0.15, 0.2) is 24.3 Å². The van der Waals surface area contributed by atoms with E-state index >= 15 is 0 Å². The molecule has 4 aliphatic rings. The summed E-state index contributed by atoms with van der Waals surface area (Å²) in [6, 6.07) is -2.31. The molecule has 1 aromatic carbocycles. The zero-order valence-electron chi connectivity index (χ0n) is 38.8. The molecule has 1 saturated carbocycles. The third-order valence-electron chi connectivity index (χ3n) is 12.9. The topological polar surface area (TPSA) is 296 Å². The third kappa shape index (κ3) is 12.7. The smallest absolute Gasteiger partial charge is 0.329 e. The molecule has 1 spiro atoms. The fourth-order valence-corrected chi connectivity index (χ4v) is 8.59. The van der Waals surface area contributed by atoms with Crippen LogP contribution in [0, 0.1) is 23.7 Å². The molecule has 5 rings (SSSR count). The van der Waals surface area contributed by atoms with Crippen LogP contribution in [0.3, 0.4) is 0 Å². The summed E-state index contributed by atoms with van der Waals surface area (Å²) in [5, 5.41) is 35.1. The van der Waals surface area contributed by atoms with Gasteiger partial charge >= 0.3 is 5.97 Å². The van der Waals surface area contributed by atoms with E-state index in [-0.39, 0.29) is 50.2 Å². The van der Waals surface area contributed by atoms with Gasteiger partial charge in [-0.25, -0.2) is 4.79 Å². The van der Waals surface area contributed by atoms with E-state index in [2.05, 4.69) is 26.6 Å². The van der Waals surface area contributed by atoms with Gasteiger partial charge in [0.1, 0.15) is 54.3 Å². The summed E-state index contributed by atoms with van der Waals surface area (Å²) in [5.41, 5.74) is 4.65. The molecule has 4 unspecified atom stereocenters. The summed E-state index contributed by atoms with van der Waals surface area (Å²) in [5.74, 6) is -9.14. The maximum atomic E-state index is 14.9. The van der Waals surface area contributed by atoms with Crippen LogP contribution in [0.4, 0.5) is 0 Å². The van der Waals surface area contributed by atoms with Crippen LogP contribution < -0.4 is 32.3 Å². The molecule has 3 saturated heterocycles. The molecule has 1 aliphatic carbocycles. The highest BCUT2D eigenvalue weighted by atomic mass is 16.5. The number of aliphatic hydroxyl groups excluding tert-OH is 1. The van der Waals surface area contributed by atoms with Crippen molar-refractivity contribution in [2.45, 2.75) is 161 Å². The molecule has 360 valence electrons. The molecule has 20 heteroatoms. The monoisotopic (exact) mass is 912 g/mol. The SMILES string of the molecule is CCC(C)[C@@H]1NC(=O)[C@H](Cc2ccc(O)cc2)N(C)C(=O)[C@H](C(C)CC)N2C(=O)C3CC3(C[C@@H]2O)NC(=O)[C@H](CC(C)C)NC(=O)[C@@H](NC(=O)[C@H](CCC(N)=O)NC(C)=O)[C@@H](C)OC1=O. The lowest BCUT2D eigenvalue weighted by Gasteiger charge is -2.44. The van der Waals surface area contributed by atoms with Crippen molar-refractivity contribution < 1.29 is 58.1 Å². The van der Waals surface area contributed by atoms with Gasteiger partial charge in [0.15, 0.2) is 0 Å². The second-order valence-corrected chi connectivity index (χ2v) is 18.4. The number of carbonyl (C=O) groups is 9. The number of hydrogen-bond acceptors (Lipinski definition) is 12. The number of carbonyl (C=O) groups excluding carboxylic acids is 9. The molecular formula is C45H68N8O12. The van der Waals surface area contributed by atoms with Crippen molar-refractivity contribution >= 4 is 53.2 Å². The number of piperidine rings is 1. The molecule has 65 heavy (non-hydrogen) atoms. The number of aromatic hydroxyl groups is 1. The first-order chi connectivity index (χ1) is 30.4. The van der Waals surface area contributed by atoms with E-state index in [1.807, 2.05) is 20.8 Å². The summed E-state index contributed by atoms with van der Waals surface area (Å²) >= 11 is 0. The van der Waals surface area contributed by atoms with E-state index in [1.54, 1.807) is 32.9 Å². The number of primary amides is 1. The number of phenols is 1. The fraction of sp³-hybridized carbons (Fsp3) is 0.667. The first-order valence-corrected chi connectivity index (χ1v) is 22.5. The van der Waals surface area contributed by atoms with Crippen molar-refractivity contribution in [3.8, 4) is 5.75 Å². The van der Waals surface area contributed by atoms with Crippen molar-refractivity contribution in [3.63, 3.8) is 0 Å². The number of aliphatic hydroxyl groups is 1. The summed E-state index contributed by atoms with van der Waals surface area (Å²) in [6.45, 7) is 13.1. The van der Waals surface area contributed by atoms with Gasteiger partial charge in [-0.2, -0.15) is 0 Å². The van der Waals surface area contributed by atoms with Gasteiger partial charge in [-0.05, 0) is 61.6 Å². The van der Waals surface area contributed by atoms with E-state index < -0.39 is 125 Å². The standard InChI is InChI=1S/C45H68N8O12/c1-10-23(5)35-44(64)65-25(7)36(50-38(58)30(47-26(8)54)16-17-33(46)56)41(61)48-31(18-22(3)4)39(59)51-45-20-29(45)42(62)53(34(57)21-45)37(24(6)11-2)43(63)52(9)32(40(60)49-35)19-27-12-14-28(55)15-13-27/h12-15,22-25,29-32,34-37,55,57H,10-11,16-21H2,1-9H3,(H2,46,56)(H,47,54)(H,48,61)(H,49,60)(H,50,58)(H,51,59)/t23?,24?,25-,29?,30+,31+,32+,34+,35+,36+,37+,45?/m1/s1. The number of amides is 8. The normalized spacial score (nSPS) is 29.3. The highest BCUT2D eigenvalue weighted by Gasteiger charge is 2.66. The number of esters is 1. The van der Waals surface area contributed by atoms with Gasteiger partial charge in [-0.15, -0.1) is 0 Å². The van der Waals surface area contributed by atoms with Crippen molar-refractivity contribution in [3.05, 3.63) is 29.8 Å². The largest absolute Gasteiger partial charge is 0.508 e. The number of nitrogens with two attached hydrogens (primary N) is 1. The highest BCUT2D eigenvalue weighted by Crippen LogP contribution is 2.52. The van der Waals surface area contributed by atoms with Crippen LogP contribution in [0.2, 0.25) is 0 Å². The Morgan fingerprint density at radius 2 is 1.55 bits per heavy atom. The summed E-state index contributed by atoms with van der Waals surface area (Å²) in [7, 11) is 1.40. The van der Waals surface area contributed by atoms with Gasteiger partial charge in [0.25, 0.3) is 0 Å². The van der Waals surface area contributed by atoms with Gasteiger partial charge in [0.2, 0.25) is 47.3 Å². The lowest BCUT2D eigenvalue weighted by atomic mass is 9.91. The minimum Gasteiger partial charge on any atom is -0.508 e. The van der Waals surface area contributed by atoms with Gasteiger partial charge < -0.3 is 57.1 Å². The number of fused-ring (bicyclic) bond motifs is 16. The van der Waals surface area contributed by atoms with Crippen LogP contribution in [0.1, 0.15) is 106 Å².